The average molecular weight is 525 g/mol. The van der Waals surface area contributed by atoms with E-state index in [0.29, 0.717) is 49.9 Å². The third kappa shape index (κ3) is 7.01. The molecule has 0 N–H and O–H groups in total. The number of hydrogen-bond acceptors (Lipinski definition) is 5. The fourth-order valence-electron chi connectivity index (χ4n) is 3.90. The second kappa shape index (κ2) is 14.6. The number of ether oxygens (including phenoxy) is 3. The summed E-state index contributed by atoms with van der Waals surface area (Å²) < 4.78 is 25.5. The zero-order valence-corrected chi connectivity index (χ0v) is 23.4. The van der Waals surface area contributed by atoms with Crippen molar-refractivity contribution in [3.63, 3.8) is 0 Å². The Kier molecular flexibility index (Phi) is 11.2. The molecule has 0 spiro atoms. The molecule has 0 aliphatic rings. The van der Waals surface area contributed by atoms with Crippen LogP contribution < -0.4 is 14.2 Å². The first-order valence-corrected chi connectivity index (χ1v) is 14.9. The minimum Gasteiger partial charge on any atom is -0.493 e. The highest BCUT2D eigenvalue weighted by atomic mass is 32.3. The Bertz CT molecular complexity index is 1030. The van der Waals surface area contributed by atoms with Crippen molar-refractivity contribution < 1.29 is 23.2 Å². The Balaban J connectivity index is 2.42. The van der Waals surface area contributed by atoms with Crippen LogP contribution in [0.4, 0.5) is 0 Å². The summed E-state index contributed by atoms with van der Waals surface area (Å²) in [4.78, 5) is 15.9. The van der Waals surface area contributed by atoms with E-state index in [1.807, 2.05) is 79.7 Å². The van der Waals surface area contributed by atoms with E-state index in [9.17, 15) is 4.79 Å². The van der Waals surface area contributed by atoms with Gasteiger partial charge in [0.2, 0.25) is 0 Å². The van der Waals surface area contributed by atoms with E-state index in [2.05, 4.69) is 20.8 Å². The largest absolute Gasteiger partial charge is 0.493 e. The smallest absolute Gasteiger partial charge is 0.317 e. The molecule has 3 aromatic rings. The summed E-state index contributed by atoms with van der Waals surface area (Å²) in [5.41, 5.74) is 0. The van der Waals surface area contributed by atoms with Gasteiger partial charge in [0.15, 0.2) is 0 Å². The molecule has 37 heavy (non-hydrogen) atoms. The number of carbonyl (C=O) groups is 1. The molecule has 0 radical (unpaired) electrons. The lowest BCUT2D eigenvalue weighted by atomic mass is 10.3. The highest BCUT2D eigenvalue weighted by Crippen LogP contribution is 2.73. The quantitative estimate of drug-likeness (QED) is 0.199. The molecule has 0 fully saturated rings. The highest BCUT2D eigenvalue weighted by molar-refractivity contribution is 8.30. The summed E-state index contributed by atoms with van der Waals surface area (Å²) >= 11 is 0. The average Bonchev–Trinajstić information content (AvgIpc) is 2.93. The molecule has 0 heterocycles. The van der Waals surface area contributed by atoms with Crippen molar-refractivity contribution in [2.24, 2.45) is 0 Å². The summed E-state index contributed by atoms with van der Waals surface area (Å²) in [6.07, 6.45) is 3.57. The Labute approximate surface area is 223 Å². The van der Waals surface area contributed by atoms with Crippen molar-refractivity contribution in [1.82, 2.24) is 0 Å². The molecule has 5 nitrogen and oxygen atoms in total. The molecule has 6 heteroatoms. The van der Waals surface area contributed by atoms with Crippen LogP contribution in [0.3, 0.4) is 0 Å². The van der Waals surface area contributed by atoms with Gasteiger partial charge in [-0.25, -0.2) is 0 Å². The van der Waals surface area contributed by atoms with E-state index in [0.717, 1.165) is 33.9 Å². The molecule has 200 valence electrons. The van der Waals surface area contributed by atoms with Crippen LogP contribution in [0.5, 0.6) is 17.2 Å². The van der Waals surface area contributed by atoms with Gasteiger partial charge in [-0.1, -0.05) is 64.1 Å². The lowest BCUT2D eigenvalue weighted by molar-refractivity contribution is -0.133. The second-order valence-electron chi connectivity index (χ2n) is 8.68. The summed E-state index contributed by atoms with van der Waals surface area (Å²) in [6, 6.07) is 23.8. The zero-order valence-electron chi connectivity index (χ0n) is 22.5. The van der Waals surface area contributed by atoms with Gasteiger partial charge in [0.05, 0.1) is 19.8 Å². The maximum Gasteiger partial charge on any atom is 0.317 e. The number of hydrogen-bond donors (Lipinski definition) is 0. The van der Waals surface area contributed by atoms with Crippen molar-refractivity contribution in [1.29, 1.82) is 0 Å². The van der Waals surface area contributed by atoms with Crippen LogP contribution in [0.25, 0.3) is 0 Å². The Hall–Kier alpha value is -3.12. The topological polar surface area (TPSA) is 54.0 Å². The monoisotopic (exact) mass is 524 g/mol. The predicted molar refractivity (Wildman–Crippen MR) is 150 cm³/mol. The van der Waals surface area contributed by atoms with Crippen LogP contribution in [0, 0.1) is 0 Å². The van der Waals surface area contributed by atoms with Gasteiger partial charge in [-0.15, -0.1) is 0 Å². The van der Waals surface area contributed by atoms with Gasteiger partial charge in [-0.3, -0.25) is 4.79 Å². The Morgan fingerprint density at radius 3 is 1.54 bits per heavy atom. The van der Waals surface area contributed by atoms with Crippen LogP contribution >= 0.6 is 10.3 Å². The number of carbonyl (C=O) groups excluding carboxylic acids is 1. The molecule has 3 rings (SSSR count). The van der Waals surface area contributed by atoms with Crippen molar-refractivity contribution in [2.45, 2.75) is 74.5 Å². The van der Waals surface area contributed by atoms with Crippen LogP contribution in [-0.2, 0) is 8.98 Å². The van der Waals surface area contributed by atoms with E-state index in [-0.39, 0.29) is 5.97 Å². The van der Waals surface area contributed by atoms with Crippen LogP contribution in [0.2, 0.25) is 0 Å². The van der Waals surface area contributed by atoms with E-state index in [1.54, 1.807) is 0 Å². The zero-order chi connectivity index (χ0) is 26.5. The first-order chi connectivity index (χ1) is 18.1. The fourth-order valence-corrected chi connectivity index (χ4v) is 7.16. The molecule has 0 aromatic heterocycles. The first-order valence-electron chi connectivity index (χ1n) is 13.3. The molecule has 0 aliphatic carbocycles. The molecule has 0 unspecified atom stereocenters. The maximum atomic E-state index is 13.3. The van der Waals surface area contributed by atoms with E-state index < -0.39 is 10.3 Å². The first kappa shape index (κ1) is 28.5. The Morgan fingerprint density at radius 1 is 0.649 bits per heavy atom. The molecule has 0 aliphatic heterocycles. The molecule has 0 atom stereocenters. The molecular formula is C31H40O5S. The number of rotatable bonds is 15. The lowest BCUT2D eigenvalue weighted by Crippen LogP contribution is -2.16. The maximum absolute atomic E-state index is 13.3. The van der Waals surface area contributed by atoms with Crippen molar-refractivity contribution in [3.8, 4) is 17.2 Å². The van der Waals surface area contributed by atoms with Crippen LogP contribution in [-0.4, -0.2) is 25.8 Å². The van der Waals surface area contributed by atoms with Crippen LogP contribution in [0.1, 0.15) is 59.8 Å². The van der Waals surface area contributed by atoms with Crippen molar-refractivity contribution in [2.75, 3.05) is 19.8 Å². The van der Waals surface area contributed by atoms with Crippen molar-refractivity contribution >= 4 is 16.3 Å². The standard InChI is InChI=1S/C31H40O5S/c1-5-15-30(32)36-37(26-16-11-9-12-17-26,27-18-13-10-14-19-27)31-28(34-21-7-3)23-25(33-20-6-2)24-29(31)35-22-8-4/h9-14,16-19,23-24H,5-8,15,20-22H2,1-4H3. The second-order valence-corrected chi connectivity index (χ2v) is 11.3. The van der Waals surface area contributed by atoms with Gasteiger partial charge >= 0.3 is 5.97 Å². The van der Waals surface area contributed by atoms with Gasteiger partial charge in [0.25, 0.3) is 0 Å². The van der Waals surface area contributed by atoms with E-state index in [4.69, 9.17) is 18.4 Å². The molecule has 3 aromatic carbocycles. The SMILES string of the molecule is CCCOc1cc(OCCC)c(S(OC(=O)CCC)(c2ccccc2)c2ccccc2)c(OCCC)c1. The van der Waals surface area contributed by atoms with Gasteiger partial charge < -0.3 is 18.4 Å². The molecule has 0 bridgehead atoms. The third-order valence-electron chi connectivity index (χ3n) is 5.50. The molecular weight excluding hydrogens is 484 g/mol. The molecule has 0 saturated heterocycles. The highest BCUT2D eigenvalue weighted by Gasteiger charge is 2.41. The lowest BCUT2D eigenvalue weighted by Gasteiger charge is -2.41. The van der Waals surface area contributed by atoms with Crippen LogP contribution in [0.15, 0.2) is 87.5 Å². The third-order valence-corrected chi connectivity index (χ3v) is 8.79. The van der Waals surface area contributed by atoms with E-state index in [1.165, 1.54) is 0 Å². The van der Waals surface area contributed by atoms with Crippen molar-refractivity contribution in [3.05, 3.63) is 72.8 Å². The summed E-state index contributed by atoms with van der Waals surface area (Å²) in [7, 11) is -2.57. The summed E-state index contributed by atoms with van der Waals surface area (Å²) in [5, 5.41) is 0. The van der Waals surface area contributed by atoms with Gasteiger partial charge in [-0.2, -0.15) is 0 Å². The summed E-state index contributed by atoms with van der Waals surface area (Å²) in [6.45, 7) is 9.81. The minimum absolute atomic E-state index is 0.251. The fraction of sp³-hybridized carbons (Fsp3) is 0.387. The Morgan fingerprint density at radius 2 is 1.11 bits per heavy atom. The minimum atomic E-state index is -2.57. The predicted octanol–water partition coefficient (Wildman–Crippen LogP) is 8.59. The van der Waals surface area contributed by atoms with E-state index >= 15 is 0 Å². The normalized spacial score (nSPS) is 11.6. The van der Waals surface area contributed by atoms with Gasteiger partial charge in [0, 0.05) is 38.7 Å². The van der Waals surface area contributed by atoms with Gasteiger partial charge in [0.1, 0.15) is 22.1 Å². The van der Waals surface area contributed by atoms with Gasteiger partial charge in [-0.05, 0) is 49.9 Å². The number of benzene rings is 3. The molecule has 0 saturated carbocycles. The molecule has 0 amide bonds. The summed E-state index contributed by atoms with van der Waals surface area (Å²) in [5.74, 6) is 1.67.